The Bertz CT molecular complexity index is 969. The number of rotatable bonds is 9. The number of ether oxygens (including phenoxy) is 1. The van der Waals surface area contributed by atoms with Crippen LogP contribution >= 0.6 is 0 Å². The molecule has 1 aliphatic heterocycles. The summed E-state index contributed by atoms with van der Waals surface area (Å²) in [4.78, 5) is 52.4. The van der Waals surface area contributed by atoms with Crippen molar-refractivity contribution in [3.05, 3.63) is 70.8 Å². The second-order valence-corrected chi connectivity index (χ2v) is 7.30. The van der Waals surface area contributed by atoms with Crippen molar-refractivity contribution in [1.29, 1.82) is 0 Å². The number of hydrogen-bond acceptors (Lipinski definition) is 5. The molecule has 0 aliphatic carbocycles. The van der Waals surface area contributed by atoms with E-state index >= 15 is 0 Å². The quantitative estimate of drug-likeness (QED) is 0.489. The van der Waals surface area contributed by atoms with E-state index in [1.165, 1.54) is 9.80 Å². The van der Waals surface area contributed by atoms with Gasteiger partial charge in [-0.3, -0.25) is 24.1 Å². The highest BCUT2D eigenvalue weighted by Crippen LogP contribution is 2.24. The van der Waals surface area contributed by atoms with Gasteiger partial charge in [0.2, 0.25) is 5.91 Å². The maximum absolute atomic E-state index is 12.7. The van der Waals surface area contributed by atoms with Crippen LogP contribution in [0.5, 0.6) is 0 Å². The third-order valence-corrected chi connectivity index (χ3v) is 4.97. The van der Waals surface area contributed by atoms with Gasteiger partial charge < -0.3 is 15.0 Å². The lowest BCUT2D eigenvalue weighted by Gasteiger charge is -2.18. The Morgan fingerprint density at radius 2 is 1.71 bits per heavy atom. The number of carbonyl (C=O) groups is 4. The summed E-state index contributed by atoms with van der Waals surface area (Å²) in [7, 11) is 3.14. The van der Waals surface area contributed by atoms with E-state index in [-0.39, 0.29) is 36.7 Å². The molecule has 0 saturated carbocycles. The molecule has 0 radical (unpaired) electrons. The number of likely N-dealkylation sites (N-methyl/N-ethyl adjacent to an activating group) is 1. The lowest BCUT2D eigenvalue weighted by molar-refractivity contribution is -0.121. The van der Waals surface area contributed by atoms with E-state index in [9.17, 15) is 19.2 Å². The fraction of sp³-hybridized carbons (Fsp3) is 0.304. The zero-order valence-electron chi connectivity index (χ0n) is 17.6. The molecule has 0 fully saturated rings. The molecule has 4 amide bonds. The number of carbonyl (C=O) groups excluding carboxylic acids is 4. The largest absolute Gasteiger partial charge is 0.385 e. The van der Waals surface area contributed by atoms with E-state index < -0.39 is 0 Å². The van der Waals surface area contributed by atoms with E-state index in [4.69, 9.17) is 4.74 Å². The smallest absolute Gasteiger partial charge is 0.261 e. The maximum atomic E-state index is 12.7. The van der Waals surface area contributed by atoms with Gasteiger partial charge in [0.15, 0.2) is 0 Å². The fourth-order valence-electron chi connectivity index (χ4n) is 3.38. The van der Waals surface area contributed by atoms with Gasteiger partial charge in [-0.25, -0.2) is 0 Å². The van der Waals surface area contributed by atoms with Gasteiger partial charge in [0.05, 0.1) is 24.2 Å². The maximum Gasteiger partial charge on any atom is 0.261 e. The van der Waals surface area contributed by atoms with Crippen molar-refractivity contribution in [1.82, 2.24) is 15.1 Å². The Kier molecular flexibility index (Phi) is 7.15. The molecule has 0 spiro atoms. The van der Waals surface area contributed by atoms with Gasteiger partial charge in [0.1, 0.15) is 0 Å². The monoisotopic (exact) mass is 423 g/mol. The van der Waals surface area contributed by atoms with E-state index in [0.717, 1.165) is 0 Å². The molecule has 2 aromatic rings. The van der Waals surface area contributed by atoms with Gasteiger partial charge >= 0.3 is 0 Å². The molecule has 0 atom stereocenters. The van der Waals surface area contributed by atoms with Gasteiger partial charge in [-0.05, 0) is 36.2 Å². The topological polar surface area (TPSA) is 96.0 Å². The van der Waals surface area contributed by atoms with Crippen LogP contribution in [0.2, 0.25) is 0 Å². The minimum absolute atomic E-state index is 0.0666. The Labute approximate surface area is 180 Å². The molecule has 1 N–H and O–H groups in total. The summed E-state index contributed by atoms with van der Waals surface area (Å²) < 4.78 is 4.93. The van der Waals surface area contributed by atoms with E-state index in [0.29, 0.717) is 41.8 Å². The first kappa shape index (κ1) is 22.2. The zero-order valence-corrected chi connectivity index (χ0v) is 17.6. The highest BCUT2D eigenvalue weighted by molar-refractivity contribution is 6.21. The Hall–Kier alpha value is -3.52. The number of benzene rings is 2. The van der Waals surface area contributed by atoms with Crippen LogP contribution < -0.4 is 5.32 Å². The molecule has 3 rings (SSSR count). The van der Waals surface area contributed by atoms with Crippen LogP contribution in [0.4, 0.5) is 0 Å². The predicted molar refractivity (Wildman–Crippen MR) is 114 cm³/mol. The summed E-state index contributed by atoms with van der Waals surface area (Å²) in [5.74, 6) is -1.27. The number of methoxy groups -OCH3 is 1. The molecule has 0 unspecified atom stereocenters. The van der Waals surface area contributed by atoms with Gasteiger partial charge in [0.25, 0.3) is 17.7 Å². The average Bonchev–Trinajstić information content (AvgIpc) is 3.01. The number of fused-ring (bicyclic) bond motifs is 1. The molecule has 8 nitrogen and oxygen atoms in total. The summed E-state index contributed by atoms with van der Waals surface area (Å²) in [6, 6.07) is 13.4. The van der Waals surface area contributed by atoms with Gasteiger partial charge in [0, 0.05) is 32.9 Å². The normalized spacial score (nSPS) is 12.6. The summed E-state index contributed by atoms with van der Waals surface area (Å²) in [6.45, 7) is 1.02. The van der Waals surface area contributed by atoms with E-state index in [1.54, 1.807) is 62.7 Å². The van der Waals surface area contributed by atoms with E-state index in [1.807, 2.05) is 0 Å². The number of hydrogen-bond donors (Lipinski definition) is 1. The van der Waals surface area contributed by atoms with Crippen LogP contribution in [0.3, 0.4) is 0 Å². The minimum atomic E-state index is -0.348. The lowest BCUT2D eigenvalue weighted by Crippen LogP contribution is -2.38. The number of imide groups is 1. The fourth-order valence-corrected chi connectivity index (χ4v) is 3.38. The first-order chi connectivity index (χ1) is 14.9. The van der Waals surface area contributed by atoms with Crippen LogP contribution in [-0.4, -0.2) is 67.3 Å². The number of nitrogens with zero attached hydrogens (tertiary/aromatic N) is 2. The van der Waals surface area contributed by atoms with Crippen molar-refractivity contribution in [2.24, 2.45) is 0 Å². The molecule has 162 valence electrons. The molecule has 31 heavy (non-hydrogen) atoms. The second-order valence-electron chi connectivity index (χ2n) is 7.30. The van der Waals surface area contributed by atoms with Gasteiger partial charge in [-0.1, -0.05) is 24.3 Å². The Morgan fingerprint density at radius 3 is 2.35 bits per heavy atom. The second kappa shape index (κ2) is 9.99. The SMILES string of the molecule is COCCCNC(=O)CN(C)C(=O)c1cccc(CN2C(=O)c3ccccc3C2=O)c1. The summed E-state index contributed by atoms with van der Waals surface area (Å²) >= 11 is 0. The van der Waals surface area contributed by atoms with Gasteiger partial charge in [-0.15, -0.1) is 0 Å². The Balaban J connectivity index is 1.62. The predicted octanol–water partition coefficient (Wildman–Crippen LogP) is 1.71. The lowest BCUT2D eigenvalue weighted by atomic mass is 10.1. The van der Waals surface area contributed by atoms with Gasteiger partial charge in [-0.2, -0.15) is 0 Å². The first-order valence-electron chi connectivity index (χ1n) is 9.97. The summed E-state index contributed by atoms with van der Waals surface area (Å²) in [6.07, 6.45) is 0.694. The zero-order chi connectivity index (χ0) is 22.4. The highest BCUT2D eigenvalue weighted by atomic mass is 16.5. The van der Waals surface area contributed by atoms with Crippen molar-refractivity contribution in [2.75, 3.05) is 33.9 Å². The first-order valence-corrected chi connectivity index (χ1v) is 9.97. The van der Waals surface area contributed by atoms with E-state index in [2.05, 4.69) is 5.32 Å². The molecule has 2 aromatic carbocycles. The molecule has 0 bridgehead atoms. The van der Waals surface area contributed by atoms with Crippen molar-refractivity contribution < 1.29 is 23.9 Å². The number of nitrogens with one attached hydrogen (secondary N) is 1. The van der Waals surface area contributed by atoms with Crippen molar-refractivity contribution in [3.8, 4) is 0 Å². The molecular weight excluding hydrogens is 398 g/mol. The van der Waals surface area contributed by atoms with Crippen molar-refractivity contribution in [3.63, 3.8) is 0 Å². The summed E-state index contributed by atoms with van der Waals surface area (Å²) in [5.41, 5.74) is 1.80. The van der Waals surface area contributed by atoms with Crippen LogP contribution in [-0.2, 0) is 16.1 Å². The van der Waals surface area contributed by atoms with Crippen molar-refractivity contribution >= 4 is 23.6 Å². The molecule has 8 heteroatoms. The molecule has 0 aromatic heterocycles. The third kappa shape index (κ3) is 5.16. The highest BCUT2D eigenvalue weighted by Gasteiger charge is 2.35. The minimum Gasteiger partial charge on any atom is -0.385 e. The molecule has 1 heterocycles. The molecular formula is C23H25N3O5. The van der Waals surface area contributed by atoms with Crippen LogP contribution in [0, 0.1) is 0 Å². The average molecular weight is 423 g/mol. The Morgan fingerprint density at radius 1 is 1.03 bits per heavy atom. The summed E-state index contributed by atoms with van der Waals surface area (Å²) in [5, 5.41) is 2.74. The molecule has 0 saturated heterocycles. The third-order valence-electron chi connectivity index (χ3n) is 4.97. The van der Waals surface area contributed by atoms with Crippen LogP contribution in [0.1, 0.15) is 43.1 Å². The van der Waals surface area contributed by atoms with Crippen LogP contribution in [0.15, 0.2) is 48.5 Å². The molecule has 1 aliphatic rings. The van der Waals surface area contributed by atoms with Crippen LogP contribution in [0.25, 0.3) is 0 Å². The standard InChI is InChI=1S/C23H25N3O5/c1-25(15-20(27)24-11-6-12-31-2)21(28)17-8-5-7-16(13-17)14-26-22(29)18-9-3-4-10-19(18)23(26)30/h3-5,7-10,13H,6,11-12,14-15H2,1-2H3,(H,24,27). The van der Waals surface area contributed by atoms with Crippen molar-refractivity contribution in [2.45, 2.75) is 13.0 Å². The number of amides is 4.